The van der Waals surface area contributed by atoms with Crippen LogP contribution in [-0.4, -0.2) is 87.6 Å². The van der Waals surface area contributed by atoms with E-state index in [1.54, 1.807) is 0 Å². The summed E-state index contributed by atoms with van der Waals surface area (Å²) in [6.45, 7) is 5.17. The van der Waals surface area contributed by atoms with Gasteiger partial charge in [-0.2, -0.15) is 0 Å². The Hall–Kier alpha value is -5.59. The molecule has 13 nitrogen and oxygen atoms in total. The van der Waals surface area contributed by atoms with Crippen LogP contribution in [0.3, 0.4) is 0 Å². The highest BCUT2D eigenvalue weighted by Gasteiger charge is 2.41. The highest BCUT2D eigenvalue weighted by atomic mass is 16.6. The van der Waals surface area contributed by atoms with E-state index in [2.05, 4.69) is 74.1 Å². The molecule has 54 heavy (non-hydrogen) atoms. The lowest BCUT2D eigenvalue weighted by molar-refractivity contribution is -0.135. The summed E-state index contributed by atoms with van der Waals surface area (Å²) in [7, 11) is 1.29. The predicted molar refractivity (Wildman–Crippen MR) is 201 cm³/mol. The molecule has 0 radical (unpaired) electrons. The number of hydrogen-bond acceptors (Lipinski definition) is 7. The summed E-state index contributed by atoms with van der Waals surface area (Å²) in [5.41, 5.74) is 10.1. The van der Waals surface area contributed by atoms with Gasteiger partial charge >= 0.3 is 12.2 Å². The van der Waals surface area contributed by atoms with Crippen LogP contribution in [0.1, 0.15) is 80.7 Å². The van der Waals surface area contributed by atoms with Crippen molar-refractivity contribution in [1.29, 1.82) is 0 Å². The molecule has 1 aliphatic carbocycles. The van der Waals surface area contributed by atoms with Gasteiger partial charge in [-0.25, -0.2) is 14.6 Å². The van der Waals surface area contributed by atoms with E-state index in [1.807, 2.05) is 29.8 Å². The van der Waals surface area contributed by atoms with Gasteiger partial charge in [0.05, 0.1) is 31.1 Å². The number of fused-ring (bicyclic) bond motifs is 1. The Labute approximate surface area is 314 Å². The highest BCUT2D eigenvalue weighted by Crippen LogP contribution is 2.42. The molecule has 13 heteroatoms. The van der Waals surface area contributed by atoms with Crippen molar-refractivity contribution >= 4 is 24.0 Å². The van der Waals surface area contributed by atoms with Crippen LogP contribution in [0.25, 0.3) is 33.6 Å². The van der Waals surface area contributed by atoms with Crippen LogP contribution in [-0.2, 0) is 31.9 Å². The number of rotatable bonds is 9. The largest absolute Gasteiger partial charge is 0.453 e. The molecule has 5 heterocycles. The van der Waals surface area contributed by atoms with Crippen LogP contribution in [0.15, 0.2) is 54.7 Å². The molecule has 3 fully saturated rings. The average Bonchev–Trinajstić information content (AvgIpc) is 4.04. The number of amides is 4. The first-order valence-corrected chi connectivity index (χ1v) is 19.1. The molecule has 2 aromatic carbocycles. The third kappa shape index (κ3) is 6.60. The third-order valence-electron chi connectivity index (χ3n) is 11.5. The van der Waals surface area contributed by atoms with Crippen molar-refractivity contribution < 1.29 is 28.7 Å². The number of carbonyl (C=O) groups excluding carboxylic acids is 4. The number of nitrogens with zero attached hydrogens (tertiary/aromatic N) is 3. The van der Waals surface area contributed by atoms with Crippen molar-refractivity contribution in [3.63, 3.8) is 0 Å². The zero-order valence-electron chi connectivity index (χ0n) is 30.9. The van der Waals surface area contributed by atoms with E-state index in [0.29, 0.717) is 13.1 Å². The summed E-state index contributed by atoms with van der Waals surface area (Å²) < 4.78 is 9.77. The minimum Gasteiger partial charge on any atom is -0.453 e. The van der Waals surface area contributed by atoms with Gasteiger partial charge in [0.2, 0.25) is 11.8 Å². The Kier molecular flexibility index (Phi) is 9.63. The lowest BCUT2D eigenvalue weighted by Gasteiger charge is -2.30. The number of ether oxygens (including phenoxy) is 2. The number of hydrogen-bond donors (Lipinski definition) is 4. The van der Waals surface area contributed by atoms with Crippen molar-refractivity contribution in [1.82, 2.24) is 35.4 Å². The second kappa shape index (κ2) is 14.7. The first-order chi connectivity index (χ1) is 26.2. The van der Waals surface area contributed by atoms with Gasteiger partial charge in [0, 0.05) is 24.5 Å². The molecule has 3 saturated heterocycles. The lowest BCUT2D eigenvalue weighted by atomic mass is 9.99. The van der Waals surface area contributed by atoms with Crippen LogP contribution in [0, 0.1) is 5.92 Å². The fraction of sp³-hybridized carbons (Fsp3) is 0.439. The number of cyclic esters (lactones) is 1. The van der Waals surface area contributed by atoms with Gasteiger partial charge in [0.1, 0.15) is 24.5 Å². The fourth-order valence-corrected chi connectivity index (χ4v) is 8.70. The molecule has 4 amide bonds. The quantitative estimate of drug-likeness (QED) is 0.163. The van der Waals surface area contributed by atoms with Crippen molar-refractivity contribution in [3.8, 4) is 33.6 Å². The normalized spacial score (nSPS) is 21.3. The Bertz CT molecular complexity index is 2050. The molecular weight excluding hydrogens is 686 g/mol. The molecule has 0 bridgehead atoms. The average molecular weight is 734 g/mol. The number of imidazole rings is 1. The smallest absolute Gasteiger partial charge is 0.407 e. The van der Waals surface area contributed by atoms with E-state index in [-0.39, 0.29) is 36.4 Å². The molecule has 282 valence electrons. The summed E-state index contributed by atoms with van der Waals surface area (Å²) in [4.78, 5) is 66.1. The summed E-state index contributed by atoms with van der Waals surface area (Å²) in [5.74, 6) is 0.429. The minimum absolute atomic E-state index is 0.0356. The van der Waals surface area contributed by atoms with Crippen molar-refractivity contribution in [2.75, 3.05) is 26.8 Å². The zero-order valence-corrected chi connectivity index (χ0v) is 30.9. The number of benzene rings is 2. The van der Waals surface area contributed by atoms with Crippen LogP contribution in [0.2, 0.25) is 0 Å². The van der Waals surface area contributed by atoms with E-state index >= 15 is 0 Å². The van der Waals surface area contributed by atoms with Crippen LogP contribution in [0.4, 0.5) is 9.59 Å². The van der Waals surface area contributed by atoms with Gasteiger partial charge in [-0.15, -0.1) is 0 Å². The standard InChI is InChI=1S/C41H47N7O6/c1-23(2)34(46-40(51)53-3)39(50)48-20-6-10-33(48)37-42-21-30(43-37)26-15-11-24(12-16-26)25-13-17-27(18-14-25)35-28-7-4-8-29(28)36(45-35)32-9-5-19-47(32)38(49)31-22-54-41(52)44-31/h11-18,21,23,31-34,45H,4-10,19-20,22H2,1-3H3,(H,42,43)(H,44,52)(H,46,51)/t31-,32?,33-,34-/m0/s1. The molecule has 0 spiro atoms. The van der Waals surface area contributed by atoms with E-state index in [1.165, 1.54) is 18.2 Å². The number of H-pyrrole nitrogens is 2. The van der Waals surface area contributed by atoms with Gasteiger partial charge in [-0.3, -0.25) is 9.59 Å². The summed E-state index contributed by atoms with van der Waals surface area (Å²) >= 11 is 0. The predicted octanol–water partition coefficient (Wildman–Crippen LogP) is 6.04. The minimum atomic E-state index is -0.680. The fourth-order valence-electron chi connectivity index (χ4n) is 8.70. The number of aromatic nitrogens is 3. The molecule has 1 unspecified atom stereocenters. The van der Waals surface area contributed by atoms with Crippen LogP contribution in [0.5, 0.6) is 0 Å². The van der Waals surface area contributed by atoms with Gasteiger partial charge in [0.25, 0.3) is 0 Å². The first-order valence-electron chi connectivity index (χ1n) is 19.1. The Morgan fingerprint density at radius 3 is 2.17 bits per heavy atom. The molecular formula is C41H47N7O6. The molecule has 2 aromatic heterocycles. The maximum absolute atomic E-state index is 13.5. The summed E-state index contributed by atoms with van der Waals surface area (Å²) in [6.07, 6.45) is 7.22. The molecule has 3 aliphatic heterocycles. The molecule has 4 aromatic rings. The number of methoxy groups -OCH3 is 1. The van der Waals surface area contributed by atoms with Gasteiger partial charge in [0.15, 0.2) is 0 Å². The molecule has 0 saturated carbocycles. The third-order valence-corrected chi connectivity index (χ3v) is 11.5. The van der Waals surface area contributed by atoms with Gasteiger partial charge < -0.3 is 39.9 Å². The maximum atomic E-state index is 13.5. The number of likely N-dealkylation sites (tertiary alicyclic amines) is 2. The summed E-state index contributed by atoms with van der Waals surface area (Å²) in [5, 5.41) is 5.35. The topological polar surface area (TPSA) is 162 Å². The molecule has 4 aliphatic rings. The molecule has 8 rings (SSSR count). The zero-order chi connectivity index (χ0) is 37.5. The van der Waals surface area contributed by atoms with Gasteiger partial charge in [-0.05, 0) is 84.2 Å². The highest BCUT2D eigenvalue weighted by molar-refractivity contribution is 5.89. The van der Waals surface area contributed by atoms with E-state index in [4.69, 9.17) is 9.47 Å². The van der Waals surface area contributed by atoms with E-state index in [0.717, 1.165) is 90.1 Å². The number of carbonyl (C=O) groups is 4. The van der Waals surface area contributed by atoms with Crippen LogP contribution < -0.4 is 10.6 Å². The van der Waals surface area contributed by atoms with E-state index < -0.39 is 24.3 Å². The first kappa shape index (κ1) is 35.4. The monoisotopic (exact) mass is 733 g/mol. The van der Waals surface area contributed by atoms with Gasteiger partial charge in [-0.1, -0.05) is 62.4 Å². The van der Waals surface area contributed by atoms with E-state index in [9.17, 15) is 19.2 Å². The summed E-state index contributed by atoms with van der Waals surface area (Å²) in [6, 6.07) is 15.5. The van der Waals surface area contributed by atoms with Crippen molar-refractivity contribution in [2.45, 2.75) is 83.0 Å². The second-order valence-electron chi connectivity index (χ2n) is 15.1. The van der Waals surface area contributed by atoms with Crippen LogP contribution >= 0.6 is 0 Å². The Morgan fingerprint density at radius 2 is 1.50 bits per heavy atom. The number of nitrogens with one attached hydrogen (secondary N) is 4. The van der Waals surface area contributed by atoms with Crippen molar-refractivity contribution in [2.24, 2.45) is 5.92 Å². The lowest BCUT2D eigenvalue weighted by Crippen LogP contribution is -2.51. The molecule has 4 atom stereocenters. The maximum Gasteiger partial charge on any atom is 0.407 e. The number of alkyl carbamates (subject to hydrolysis) is 2. The molecule has 4 N–H and O–H groups in total. The second-order valence-corrected chi connectivity index (χ2v) is 15.1. The SMILES string of the molecule is COC(=O)N[C@H](C(=O)N1CCC[C@H]1c1ncc(-c2ccc(-c3ccc(-c4[nH]c(C5CCCN5C(=O)[C@@H]5COC(=O)N5)c5c4CCC5)cc3)cc2)[nH]1)C(C)C. The number of aromatic amines is 2. The Balaban J connectivity index is 0.961. The Morgan fingerprint density at radius 1 is 0.852 bits per heavy atom. The van der Waals surface area contributed by atoms with Crippen molar-refractivity contribution in [3.05, 3.63) is 77.4 Å².